The second kappa shape index (κ2) is 5.23. The van der Waals surface area contributed by atoms with E-state index in [4.69, 9.17) is 9.52 Å². The summed E-state index contributed by atoms with van der Waals surface area (Å²) >= 11 is 0. The first kappa shape index (κ1) is 14.5. The van der Waals surface area contributed by atoms with Gasteiger partial charge >= 0.3 is 5.97 Å². The van der Waals surface area contributed by atoms with Gasteiger partial charge in [-0.3, -0.25) is 9.59 Å². The van der Waals surface area contributed by atoms with Crippen molar-refractivity contribution in [3.05, 3.63) is 17.8 Å². The Morgan fingerprint density at radius 2 is 2.25 bits per heavy atom. The number of nitrogens with zero attached hydrogens (tertiary/aromatic N) is 2. The van der Waals surface area contributed by atoms with Crippen LogP contribution in [0.1, 0.15) is 22.7 Å². The average Bonchev–Trinajstić information content (AvgIpc) is 2.73. The number of hydrogen-bond donors (Lipinski definition) is 1. The molecule has 1 amide bonds. The van der Waals surface area contributed by atoms with Crippen molar-refractivity contribution in [2.45, 2.75) is 19.4 Å². The van der Waals surface area contributed by atoms with Gasteiger partial charge in [0.2, 0.25) is 5.76 Å². The van der Waals surface area contributed by atoms with Crippen molar-refractivity contribution < 1.29 is 27.5 Å². The molecule has 1 fully saturated rings. The molecule has 1 aliphatic rings. The van der Waals surface area contributed by atoms with Gasteiger partial charge in [0.15, 0.2) is 16.2 Å². The predicted octanol–water partition coefficient (Wildman–Crippen LogP) is -0.303. The molecule has 1 aromatic heterocycles. The summed E-state index contributed by atoms with van der Waals surface area (Å²) in [5, 5.41) is 8.85. The normalized spacial score (nSPS) is 21.6. The fourth-order valence-corrected chi connectivity index (χ4v) is 3.69. The number of carbonyl (C=O) groups is 2. The Morgan fingerprint density at radius 3 is 2.80 bits per heavy atom. The van der Waals surface area contributed by atoms with Gasteiger partial charge in [-0.25, -0.2) is 13.4 Å². The lowest BCUT2D eigenvalue weighted by atomic mass is 10.1. The lowest BCUT2D eigenvalue weighted by Gasteiger charge is -2.34. The van der Waals surface area contributed by atoms with Gasteiger partial charge in [0.1, 0.15) is 0 Å². The second-order valence-corrected chi connectivity index (χ2v) is 6.86. The Balaban J connectivity index is 2.26. The molecule has 1 unspecified atom stereocenters. The van der Waals surface area contributed by atoms with Gasteiger partial charge in [-0.2, -0.15) is 0 Å². The minimum atomic E-state index is -3.33. The summed E-state index contributed by atoms with van der Waals surface area (Å²) in [6.07, 6.45) is 0.702. The van der Waals surface area contributed by atoms with Crippen LogP contribution in [0.4, 0.5) is 0 Å². The molecule has 1 aliphatic heterocycles. The largest absolute Gasteiger partial charge is 0.481 e. The summed E-state index contributed by atoms with van der Waals surface area (Å²) in [4.78, 5) is 28.2. The molecule has 1 aromatic rings. The van der Waals surface area contributed by atoms with Crippen LogP contribution in [0.5, 0.6) is 0 Å². The quantitative estimate of drug-likeness (QED) is 0.814. The highest BCUT2D eigenvalue weighted by Crippen LogP contribution is 2.19. The summed E-state index contributed by atoms with van der Waals surface area (Å²) in [5.74, 6) is -2.19. The predicted molar refractivity (Wildman–Crippen MR) is 67.0 cm³/mol. The van der Waals surface area contributed by atoms with Gasteiger partial charge in [-0.05, 0) is 6.92 Å². The van der Waals surface area contributed by atoms with E-state index in [1.807, 2.05) is 0 Å². The molecule has 1 saturated heterocycles. The Bertz CT molecular complexity index is 635. The summed E-state index contributed by atoms with van der Waals surface area (Å²) in [6.45, 7) is 1.54. The van der Waals surface area contributed by atoms with Crippen LogP contribution >= 0.6 is 0 Å². The Labute approximate surface area is 115 Å². The number of hydrogen-bond acceptors (Lipinski definition) is 6. The third kappa shape index (κ3) is 2.98. The zero-order valence-electron chi connectivity index (χ0n) is 10.8. The van der Waals surface area contributed by atoms with E-state index in [2.05, 4.69) is 4.98 Å². The average molecular weight is 302 g/mol. The molecular formula is C11H14N2O6S. The molecule has 110 valence electrons. The van der Waals surface area contributed by atoms with Crippen LogP contribution < -0.4 is 0 Å². The van der Waals surface area contributed by atoms with Crippen LogP contribution in [0.25, 0.3) is 0 Å². The summed E-state index contributed by atoms with van der Waals surface area (Å²) in [6, 6.07) is -0.886. The number of carboxylic acid groups (broad SMARTS) is 1. The van der Waals surface area contributed by atoms with Gasteiger partial charge in [-0.15, -0.1) is 0 Å². The molecule has 1 N–H and O–H groups in total. The number of carbonyl (C=O) groups excluding carboxylic acids is 1. The second-order valence-electron chi connectivity index (χ2n) is 4.63. The highest BCUT2D eigenvalue weighted by atomic mass is 32.2. The van der Waals surface area contributed by atoms with E-state index in [0.717, 1.165) is 6.39 Å². The van der Waals surface area contributed by atoms with Crippen LogP contribution in [0.15, 0.2) is 10.8 Å². The number of aliphatic carboxylic acids is 1. The van der Waals surface area contributed by atoms with Crippen molar-refractivity contribution in [1.82, 2.24) is 9.88 Å². The zero-order valence-corrected chi connectivity index (χ0v) is 11.6. The van der Waals surface area contributed by atoms with Gasteiger partial charge in [0.25, 0.3) is 5.91 Å². The summed E-state index contributed by atoms with van der Waals surface area (Å²) in [7, 11) is -3.33. The molecule has 0 aliphatic carbocycles. The van der Waals surface area contributed by atoms with E-state index in [9.17, 15) is 18.0 Å². The van der Waals surface area contributed by atoms with E-state index >= 15 is 0 Å². The van der Waals surface area contributed by atoms with Gasteiger partial charge < -0.3 is 14.4 Å². The maximum absolute atomic E-state index is 12.3. The Hall–Kier alpha value is -1.90. The molecule has 2 heterocycles. The molecule has 0 radical (unpaired) electrons. The molecule has 1 atom stereocenters. The molecule has 9 heteroatoms. The number of aryl methyl sites for hydroxylation is 1. The van der Waals surface area contributed by atoms with Crippen LogP contribution in [-0.2, 0) is 14.6 Å². The Kier molecular flexibility index (Phi) is 3.80. The number of carboxylic acids is 1. The molecular weight excluding hydrogens is 288 g/mol. The van der Waals surface area contributed by atoms with E-state index in [1.165, 1.54) is 4.90 Å². The first-order chi connectivity index (χ1) is 9.30. The van der Waals surface area contributed by atoms with Gasteiger partial charge in [0, 0.05) is 6.54 Å². The van der Waals surface area contributed by atoms with Crippen LogP contribution in [0.2, 0.25) is 0 Å². The zero-order chi connectivity index (χ0) is 14.9. The smallest absolute Gasteiger partial charge is 0.305 e. The van der Waals surface area contributed by atoms with Crippen LogP contribution in [-0.4, -0.2) is 59.4 Å². The SMILES string of the molecule is Cc1ncoc1C(=O)N1CCS(=O)(=O)CC1CC(=O)O. The minimum absolute atomic E-state index is 0.0136. The number of amides is 1. The van der Waals surface area contributed by atoms with E-state index in [-0.39, 0.29) is 23.8 Å². The standard InChI is InChI=1S/C11H14N2O6S/c1-7-10(19-6-12-7)11(16)13-2-3-20(17,18)5-8(13)4-9(14)15/h6,8H,2-5H2,1H3,(H,14,15). The van der Waals surface area contributed by atoms with Gasteiger partial charge in [0.05, 0.1) is 29.7 Å². The molecule has 0 aromatic carbocycles. The van der Waals surface area contributed by atoms with Crippen molar-refractivity contribution in [3.63, 3.8) is 0 Å². The molecule has 0 saturated carbocycles. The van der Waals surface area contributed by atoms with Crippen molar-refractivity contribution in [1.29, 1.82) is 0 Å². The van der Waals surface area contributed by atoms with Gasteiger partial charge in [-0.1, -0.05) is 0 Å². The fourth-order valence-electron chi connectivity index (χ4n) is 2.16. The van der Waals surface area contributed by atoms with Crippen LogP contribution in [0, 0.1) is 6.92 Å². The first-order valence-electron chi connectivity index (χ1n) is 5.93. The van der Waals surface area contributed by atoms with Crippen molar-refractivity contribution in [3.8, 4) is 0 Å². The van der Waals surface area contributed by atoms with E-state index in [1.54, 1.807) is 6.92 Å². The van der Waals surface area contributed by atoms with E-state index in [0.29, 0.717) is 5.69 Å². The highest BCUT2D eigenvalue weighted by molar-refractivity contribution is 7.91. The third-order valence-electron chi connectivity index (χ3n) is 3.14. The number of oxazole rings is 1. The molecule has 2 rings (SSSR count). The molecule has 0 spiro atoms. The first-order valence-corrected chi connectivity index (χ1v) is 7.75. The molecule has 8 nitrogen and oxygen atoms in total. The number of rotatable bonds is 3. The number of sulfone groups is 1. The molecule has 20 heavy (non-hydrogen) atoms. The topological polar surface area (TPSA) is 118 Å². The molecule has 0 bridgehead atoms. The maximum Gasteiger partial charge on any atom is 0.305 e. The lowest BCUT2D eigenvalue weighted by molar-refractivity contribution is -0.138. The summed E-state index contributed by atoms with van der Waals surface area (Å²) < 4.78 is 28.2. The van der Waals surface area contributed by atoms with Crippen LogP contribution in [0.3, 0.4) is 0 Å². The maximum atomic E-state index is 12.3. The third-order valence-corrected chi connectivity index (χ3v) is 4.84. The van der Waals surface area contributed by atoms with E-state index < -0.39 is 34.2 Å². The lowest BCUT2D eigenvalue weighted by Crippen LogP contribution is -2.52. The fraction of sp³-hybridized carbons (Fsp3) is 0.545. The minimum Gasteiger partial charge on any atom is -0.481 e. The highest BCUT2D eigenvalue weighted by Gasteiger charge is 2.37. The van der Waals surface area contributed by atoms with Crippen molar-refractivity contribution in [2.75, 3.05) is 18.1 Å². The van der Waals surface area contributed by atoms with Crippen molar-refractivity contribution >= 4 is 21.7 Å². The number of aromatic nitrogens is 1. The summed E-state index contributed by atoms with van der Waals surface area (Å²) in [5.41, 5.74) is 0.387. The van der Waals surface area contributed by atoms with Crippen molar-refractivity contribution in [2.24, 2.45) is 0 Å². The Morgan fingerprint density at radius 1 is 1.55 bits per heavy atom. The monoisotopic (exact) mass is 302 g/mol.